The lowest BCUT2D eigenvalue weighted by Crippen LogP contribution is -2.15. The lowest BCUT2D eigenvalue weighted by Gasteiger charge is -2.06. The summed E-state index contributed by atoms with van der Waals surface area (Å²) in [5, 5.41) is 0. The van der Waals surface area contributed by atoms with E-state index >= 15 is 0 Å². The molecule has 5 nitrogen and oxygen atoms in total. The van der Waals surface area contributed by atoms with Crippen molar-refractivity contribution in [2.24, 2.45) is 5.92 Å². The number of hydrogen-bond acceptors (Lipinski definition) is 4. The summed E-state index contributed by atoms with van der Waals surface area (Å²) in [6.45, 7) is 5.07. The van der Waals surface area contributed by atoms with E-state index in [-0.39, 0.29) is 23.6 Å². The maximum atomic E-state index is 12.4. The topological polar surface area (TPSA) is 61.4 Å². The van der Waals surface area contributed by atoms with Crippen LogP contribution < -0.4 is 5.76 Å². The fourth-order valence-electron chi connectivity index (χ4n) is 2.89. The zero-order chi connectivity index (χ0) is 15.0. The zero-order valence-corrected chi connectivity index (χ0v) is 12.3. The molecule has 0 spiro atoms. The van der Waals surface area contributed by atoms with Gasteiger partial charge in [0.2, 0.25) is 0 Å². The van der Waals surface area contributed by atoms with Crippen LogP contribution in [0.4, 0.5) is 0 Å². The molecule has 3 rings (SSSR count). The number of benzene rings is 1. The first kappa shape index (κ1) is 14.1. The Kier molecular flexibility index (Phi) is 3.68. The minimum absolute atomic E-state index is 0.0622. The minimum Gasteiger partial charge on any atom is -0.408 e. The molecule has 2 aromatic rings. The van der Waals surface area contributed by atoms with Crippen molar-refractivity contribution in [2.75, 3.05) is 6.61 Å². The fraction of sp³-hybridized carbons (Fsp3) is 0.500. The molecule has 1 aromatic carbocycles. The van der Waals surface area contributed by atoms with Gasteiger partial charge in [-0.3, -0.25) is 9.36 Å². The van der Waals surface area contributed by atoms with Gasteiger partial charge in [-0.15, -0.1) is 0 Å². The zero-order valence-electron chi connectivity index (χ0n) is 12.3. The van der Waals surface area contributed by atoms with Crippen molar-refractivity contribution in [1.29, 1.82) is 0 Å². The van der Waals surface area contributed by atoms with E-state index in [9.17, 15) is 9.59 Å². The number of fused-ring (bicyclic) bond motifs is 1. The third kappa shape index (κ3) is 2.53. The molecular weight excluding hydrogens is 270 g/mol. The van der Waals surface area contributed by atoms with Crippen LogP contribution >= 0.6 is 0 Å². The number of oxazole rings is 1. The van der Waals surface area contributed by atoms with Crippen molar-refractivity contribution in [3.8, 4) is 0 Å². The van der Waals surface area contributed by atoms with E-state index in [2.05, 4.69) is 0 Å². The number of ether oxygens (including phenoxy) is 1. The summed E-state index contributed by atoms with van der Waals surface area (Å²) in [5.74, 6) is -0.400. The van der Waals surface area contributed by atoms with E-state index in [0.717, 1.165) is 18.4 Å². The van der Waals surface area contributed by atoms with E-state index in [1.165, 1.54) is 0 Å². The molecule has 1 aliphatic heterocycles. The molecule has 1 fully saturated rings. The Bertz CT molecular complexity index is 727. The maximum Gasteiger partial charge on any atom is 0.419 e. The Morgan fingerprint density at radius 2 is 2.24 bits per heavy atom. The monoisotopic (exact) mass is 289 g/mol. The summed E-state index contributed by atoms with van der Waals surface area (Å²) in [6, 6.07) is 5.24. The molecule has 5 heteroatoms. The van der Waals surface area contributed by atoms with Crippen LogP contribution in [0.15, 0.2) is 27.4 Å². The van der Waals surface area contributed by atoms with Crippen molar-refractivity contribution in [3.05, 3.63) is 34.3 Å². The Morgan fingerprint density at radius 3 is 2.90 bits per heavy atom. The maximum absolute atomic E-state index is 12.4. The predicted octanol–water partition coefficient (Wildman–Crippen LogP) is 2.61. The van der Waals surface area contributed by atoms with Gasteiger partial charge in [0, 0.05) is 18.0 Å². The van der Waals surface area contributed by atoms with Crippen LogP contribution in [-0.4, -0.2) is 23.1 Å². The quantitative estimate of drug-likeness (QED) is 0.812. The second-order valence-corrected chi connectivity index (χ2v) is 5.64. The van der Waals surface area contributed by atoms with E-state index < -0.39 is 0 Å². The Balaban J connectivity index is 1.94. The molecule has 0 amide bonds. The number of aromatic nitrogens is 1. The molecule has 2 unspecified atom stereocenters. The molecule has 0 saturated carbocycles. The van der Waals surface area contributed by atoms with Crippen LogP contribution in [0.3, 0.4) is 0 Å². The molecule has 0 radical (unpaired) electrons. The van der Waals surface area contributed by atoms with Gasteiger partial charge in [-0.25, -0.2) is 4.79 Å². The van der Waals surface area contributed by atoms with Crippen LogP contribution in [0, 0.1) is 5.92 Å². The first-order valence-corrected chi connectivity index (χ1v) is 7.39. The Labute approximate surface area is 122 Å². The van der Waals surface area contributed by atoms with Crippen LogP contribution in [-0.2, 0) is 11.3 Å². The van der Waals surface area contributed by atoms with Gasteiger partial charge in [0.1, 0.15) is 0 Å². The summed E-state index contributed by atoms with van der Waals surface area (Å²) in [6.07, 6.45) is 1.73. The number of ketones is 1. The van der Waals surface area contributed by atoms with Gasteiger partial charge in [0.25, 0.3) is 0 Å². The summed E-state index contributed by atoms with van der Waals surface area (Å²) >= 11 is 0. The largest absolute Gasteiger partial charge is 0.419 e. The number of carbonyl (C=O) groups is 1. The van der Waals surface area contributed by atoms with Gasteiger partial charge in [0.15, 0.2) is 11.4 Å². The molecule has 2 heterocycles. The van der Waals surface area contributed by atoms with Crippen molar-refractivity contribution in [2.45, 2.75) is 39.3 Å². The van der Waals surface area contributed by atoms with Gasteiger partial charge < -0.3 is 9.15 Å². The van der Waals surface area contributed by atoms with Gasteiger partial charge in [-0.2, -0.15) is 0 Å². The van der Waals surface area contributed by atoms with Gasteiger partial charge in [-0.1, -0.05) is 6.92 Å². The van der Waals surface area contributed by atoms with Crippen molar-refractivity contribution in [1.82, 2.24) is 4.57 Å². The van der Waals surface area contributed by atoms with Gasteiger partial charge in [-0.05, 0) is 38.0 Å². The number of hydrogen-bond donors (Lipinski definition) is 0. The van der Waals surface area contributed by atoms with E-state index in [1.807, 2.05) is 13.8 Å². The molecule has 21 heavy (non-hydrogen) atoms. The molecule has 2 atom stereocenters. The number of Topliss-reactive ketones (excluding diaryl/α,β-unsaturated/α-hetero) is 1. The second-order valence-electron chi connectivity index (χ2n) is 5.64. The van der Waals surface area contributed by atoms with E-state index in [0.29, 0.717) is 24.3 Å². The number of aryl methyl sites for hydroxylation is 1. The van der Waals surface area contributed by atoms with Gasteiger partial charge >= 0.3 is 5.76 Å². The van der Waals surface area contributed by atoms with Crippen molar-refractivity contribution < 1.29 is 13.9 Å². The third-order valence-corrected chi connectivity index (χ3v) is 3.97. The average molecular weight is 289 g/mol. The highest BCUT2D eigenvalue weighted by atomic mass is 16.5. The smallest absolute Gasteiger partial charge is 0.408 e. The first-order chi connectivity index (χ1) is 10.1. The highest BCUT2D eigenvalue weighted by Gasteiger charge is 2.29. The molecule has 0 N–H and O–H groups in total. The van der Waals surface area contributed by atoms with E-state index in [4.69, 9.17) is 9.15 Å². The van der Waals surface area contributed by atoms with Crippen LogP contribution in [0.2, 0.25) is 0 Å². The molecule has 0 aliphatic carbocycles. The lowest BCUT2D eigenvalue weighted by molar-refractivity contribution is 0.0877. The summed E-state index contributed by atoms with van der Waals surface area (Å²) in [5.41, 5.74) is 1.81. The highest BCUT2D eigenvalue weighted by Crippen LogP contribution is 2.25. The third-order valence-electron chi connectivity index (χ3n) is 3.97. The molecule has 1 aromatic heterocycles. The van der Waals surface area contributed by atoms with Gasteiger partial charge in [0.05, 0.1) is 18.2 Å². The lowest BCUT2D eigenvalue weighted by atomic mass is 9.95. The number of nitrogens with zero attached hydrogens (tertiary/aromatic N) is 1. The normalized spacial score (nSPS) is 22.0. The van der Waals surface area contributed by atoms with Crippen LogP contribution in [0.1, 0.15) is 37.0 Å². The molecule has 0 bridgehead atoms. The molecule has 1 aliphatic rings. The molecular formula is C16H19NO4. The number of rotatable bonds is 4. The summed E-state index contributed by atoms with van der Waals surface area (Å²) in [7, 11) is 0. The molecule has 112 valence electrons. The van der Waals surface area contributed by atoms with Crippen molar-refractivity contribution >= 4 is 16.9 Å². The van der Waals surface area contributed by atoms with E-state index in [1.54, 1.807) is 22.8 Å². The average Bonchev–Trinajstić information content (AvgIpc) is 3.02. The fourth-order valence-corrected chi connectivity index (χ4v) is 2.89. The first-order valence-electron chi connectivity index (χ1n) is 7.39. The van der Waals surface area contributed by atoms with Crippen LogP contribution in [0.25, 0.3) is 11.1 Å². The Hall–Kier alpha value is -1.88. The SMILES string of the molecule is CCCn1c(=O)oc2cc(C(=O)C3COC(C)C3)ccc21. The minimum atomic E-state index is -0.366. The summed E-state index contributed by atoms with van der Waals surface area (Å²) in [4.78, 5) is 24.2. The standard InChI is InChI=1S/C16H19NO4/c1-3-6-17-13-5-4-11(8-14(13)21-16(17)19)15(18)12-7-10(2)20-9-12/h4-5,8,10,12H,3,6-7,9H2,1-2H3. The van der Waals surface area contributed by atoms with Crippen LogP contribution in [0.5, 0.6) is 0 Å². The van der Waals surface area contributed by atoms with Crippen molar-refractivity contribution in [3.63, 3.8) is 0 Å². The molecule has 1 saturated heterocycles. The predicted molar refractivity (Wildman–Crippen MR) is 78.6 cm³/mol. The second kappa shape index (κ2) is 5.48. The Morgan fingerprint density at radius 1 is 1.43 bits per heavy atom. The number of carbonyl (C=O) groups excluding carboxylic acids is 1. The summed E-state index contributed by atoms with van der Waals surface area (Å²) < 4.78 is 12.3. The highest BCUT2D eigenvalue weighted by molar-refractivity contribution is 6.00.